The number of hydrogen-bond acceptors (Lipinski definition) is 4. The number of β-amino-alcohol motifs (C(OH)–C–C–N with tert-alkyl or cyclic N) is 1. The van der Waals surface area contributed by atoms with Crippen molar-refractivity contribution in [3.05, 3.63) is 64.3 Å². The van der Waals surface area contributed by atoms with Crippen LogP contribution in [0.5, 0.6) is 5.75 Å². The van der Waals surface area contributed by atoms with Gasteiger partial charge in [-0.1, -0.05) is 23.7 Å². The molecular formula is C23H22ClN3O4. The number of phenols is 1. The molecule has 5 rings (SSSR count). The molecule has 0 bridgehead atoms. The van der Waals surface area contributed by atoms with Crippen LogP contribution in [0.2, 0.25) is 5.02 Å². The van der Waals surface area contributed by atoms with E-state index in [1.165, 1.54) is 4.90 Å². The number of nitrogens with one attached hydrogen (secondary N) is 1. The van der Waals surface area contributed by atoms with Gasteiger partial charge in [0.2, 0.25) is 11.8 Å². The maximum absolute atomic E-state index is 13.5. The summed E-state index contributed by atoms with van der Waals surface area (Å²) in [5.74, 6) is -0.317. The molecule has 0 saturated carbocycles. The van der Waals surface area contributed by atoms with E-state index >= 15 is 0 Å². The zero-order valence-corrected chi connectivity index (χ0v) is 17.7. The average molecular weight is 440 g/mol. The van der Waals surface area contributed by atoms with E-state index in [9.17, 15) is 19.8 Å². The second-order valence-corrected chi connectivity index (χ2v) is 8.81. The molecule has 1 fully saturated rings. The van der Waals surface area contributed by atoms with Gasteiger partial charge in [0.15, 0.2) is 0 Å². The van der Waals surface area contributed by atoms with Gasteiger partial charge in [0.05, 0.1) is 19.2 Å². The Bertz CT molecular complexity index is 1220. The van der Waals surface area contributed by atoms with Crippen molar-refractivity contribution in [3.63, 3.8) is 0 Å². The van der Waals surface area contributed by atoms with Crippen molar-refractivity contribution in [1.29, 1.82) is 0 Å². The van der Waals surface area contributed by atoms with E-state index in [1.807, 2.05) is 18.2 Å². The molecule has 0 radical (unpaired) electrons. The van der Waals surface area contributed by atoms with Crippen LogP contribution in [0.25, 0.3) is 10.9 Å². The Morgan fingerprint density at radius 2 is 2.03 bits per heavy atom. The quantitative estimate of drug-likeness (QED) is 0.584. The van der Waals surface area contributed by atoms with Crippen LogP contribution in [-0.2, 0) is 16.0 Å². The van der Waals surface area contributed by atoms with Crippen LogP contribution in [-0.4, -0.2) is 62.0 Å². The standard InChI is InChI=1S/C23H22ClN3O4/c1-23-11-17-16-10-14(24)5-6-18(16)25-20(17)21(13-3-2-4-15(29)9-13)27(23)19(30)12-26(7-8-28)22(23)31/h2-6,9-10,21,25,28-29H,7-8,11-12H2,1H3/t21-,23+/m1/s1. The van der Waals surface area contributed by atoms with E-state index in [4.69, 9.17) is 11.6 Å². The number of nitrogens with zero attached hydrogens (tertiary/aromatic N) is 2. The molecule has 3 aromatic rings. The van der Waals surface area contributed by atoms with Crippen LogP contribution in [0.15, 0.2) is 42.5 Å². The summed E-state index contributed by atoms with van der Waals surface area (Å²) in [4.78, 5) is 33.4. The lowest BCUT2D eigenvalue weighted by atomic mass is 9.78. The highest BCUT2D eigenvalue weighted by atomic mass is 35.5. The number of carbonyl (C=O) groups excluding carboxylic acids is 2. The van der Waals surface area contributed by atoms with Gasteiger partial charge in [-0.05, 0) is 48.4 Å². The van der Waals surface area contributed by atoms with Gasteiger partial charge >= 0.3 is 0 Å². The van der Waals surface area contributed by atoms with Gasteiger partial charge in [0.25, 0.3) is 0 Å². The minimum absolute atomic E-state index is 0.0863. The number of halogens is 1. The van der Waals surface area contributed by atoms with Gasteiger partial charge in [-0.15, -0.1) is 0 Å². The predicted octanol–water partition coefficient (Wildman–Crippen LogP) is 2.59. The Balaban J connectivity index is 1.78. The number of phenolic OH excluding ortho intramolecular Hbond substituents is 1. The zero-order chi connectivity index (χ0) is 21.9. The number of carbonyl (C=O) groups is 2. The minimum atomic E-state index is -1.13. The van der Waals surface area contributed by atoms with Crippen molar-refractivity contribution in [2.45, 2.75) is 24.9 Å². The summed E-state index contributed by atoms with van der Waals surface area (Å²) in [7, 11) is 0. The highest BCUT2D eigenvalue weighted by Gasteiger charge is 2.55. The van der Waals surface area contributed by atoms with Crippen LogP contribution >= 0.6 is 11.6 Å². The number of hydrogen-bond donors (Lipinski definition) is 3. The Hall–Kier alpha value is -3.03. The van der Waals surface area contributed by atoms with Gasteiger partial charge in [-0.3, -0.25) is 9.59 Å². The fraction of sp³-hybridized carbons (Fsp3) is 0.304. The second-order valence-electron chi connectivity index (χ2n) is 8.37. The van der Waals surface area contributed by atoms with Crippen molar-refractivity contribution < 1.29 is 19.8 Å². The van der Waals surface area contributed by atoms with Gasteiger partial charge < -0.3 is 25.0 Å². The highest BCUT2D eigenvalue weighted by Crippen LogP contribution is 2.47. The number of piperazine rings is 1. The molecule has 8 heteroatoms. The number of aromatic nitrogens is 1. The number of aromatic hydroxyl groups is 1. The molecule has 3 heterocycles. The molecule has 0 unspecified atom stereocenters. The first kappa shape index (κ1) is 19.9. The first-order valence-corrected chi connectivity index (χ1v) is 10.5. The van der Waals surface area contributed by atoms with Gasteiger partial charge in [-0.2, -0.15) is 0 Å². The Labute approximate surface area is 183 Å². The van der Waals surface area contributed by atoms with Crippen molar-refractivity contribution in [2.24, 2.45) is 0 Å². The first-order chi connectivity index (χ1) is 14.8. The van der Waals surface area contributed by atoms with Crippen LogP contribution < -0.4 is 0 Å². The third-order valence-electron chi connectivity index (χ3n) is 6.38. The monoisotopic (exact) mass is 439 g/mol. The number of amides is 2. The molecular weight excluding hydrogens is 418 g/mol. The summed E-state index contributed by atoms with van der Waals surface area (Å²) in [5, 5.41) is 21.0. The number of aliphatic hydroxyl groups excluding tert-OH is 1. The molecule has 1 saturated heterocycles. The van der Waals surface area contributed by atoms with Crippen LogP contribution in [0.1, 0.15) is 29.8 Å². The van der Waals surface area contributed by atoms with Crippen LogP contribution in [0.4, 0.5) is 0 Å². The second kappa shape index (κ2) is 7.00. The Morgan fingerprint density at radius 1 is 1.23 bits per heavy atom. The smallest absolute Gasteiger partial charge is 0.249 e. The minimum Gasteiger partial charge on any atom is -0.508 e. The van der Waals surface area contributed by atoms with Crippen LogP contribution in [0.3, 0.4) is 0 Å². The third-order valence-corrected chi connectivity index (χ3v) is 6.62. The molecule has 2 aliphatic rings. The van der Waals surface area contributed by atoms with Crippen LogP contribution in [0, 0.1) is 0 Å². The maximum atomic E-state index is 13.5. The normalized spacial score (nSPS) is 23.3. The SMILES string of the molecule is C[C@@]12Cc3c([nH]c4ccc(Cl)cc34)[C@@H](c3cccc(O)c3)N1C(=O)CN(CCO)C2=O. The molecule has 0 aliphatic carbocycles. The third kappa shape index (κ3) is 2.91. The number of H-pyrrole nitrogens is 1. The maximum Gasteiger partial charge on any atom is 0.249 e. The topological polar surface area (TPSA) is 96.9 Å². The van der Waals surface area contributed by atoms with E-state index in [1.54, 1.807) is 36.1 Å². The Kier molecular flexibility index (Phi) is 4.50. The molecule has 3 N–H and O–H groups in total. The largest absolute Gasteiger partial charge is 0.508 e. The molecule has 2 aromatic carbocycles. The van der Waals surface area contributed by atoms with E-state index < -0.39 is 11.6 Å². The molecule has 160 valence electrons. The number of aromatic amines is 1. The van der Waals surface area contributed by atoms with E-state index in [-0.39, 0.29) is 37.3 Å². The fourth-order valence-electron chi connectivity index (χ4n) is 5.07. The number of benzene rings is 2. The Morgan fingerprint density at radius 3 is 2.77 bits per heavy atom. The lowest BCUT2D eigenvalue weighted by molar-refractivity contribution is -0.167. The molecule has 2 atom stereocenters. The summed E-state index contributed by atoms with van der Waals surface area (Å²) in [6.45, 7) is 1.58. The van der Waals surface area contributed by atoms with E-state index in [0.29, 0.717) is 17.0 Å². The van der Waals surface area contributed by atoms with Gasteiger partial charge in [0, 0.05) is 34.6 Å². The summed E-state index contributed by atoms with van der Waals surface area (Å²) in [6, 6.07) is 11.7. The molecule has 2 aliphatic heterocycles. The van der Waals surface area contributed by atoms with Crippen molar-refractivity contribution in [2.75, 3.05) is 19.7 Å². The van der Waals surface area contributed by atoms with E-state index in [2.05, 4.69) is 4.98 Å². The van der Waals surface area contributed by atoms with Crippen molar-refractivity contribution >= 4 is 34.3 Å². The highest BCUT2D eigenvalue weighted by molar-refractivity contribution is 6.31. The molecule has 2 amide bonds. The predicted molar refractivity (Wildman–Crippen MR) is 116 cm³/mol. The molecule has 1 aromatic heterocycles. The first-order valence-electron chi connectivity index (χ1n) is 10.1. The average Bonchev–Trinajstić information content (AvgIpc) is 3.08. The van der Waals surface area contributed by atoms with Crippen molar-refractivity contribution in [1.82, 2.24) is 14.8 Å². The van der Waals surface area contributed by atoms with Crippen molar-refractivity contribution in [3.8, 4) is 5.75 Å². The molecule has 7 nitrogen and oxygen atoms in total. The lowest BCUT2D eigenvalue weighted by Crippen LogP contribution is -2.70. The molecule has 0 spiro atoms. The van der Waals surface area contributed by atoms with E-state index in [0.717, 1.165) is 22.2 Å². The summed E-state index contributed by atoms with van der Waals surface area (Å²) in [5.41, 5.74) is 2.19. The fourth-order valence-corrected chi connectivity index (χ4v) is 5.24. The number of fused-ring (bicyclic) bond motifs is 4. The summed E-state index contributed by atoms with van der Waals surface area (Å²) in [6.07, 6.45) is 0.324. The van der Waals surface area contributed by atoms with Gasteiger partial charge in [-0.25, -0.2) is 0 Å². The zero-order valence-electron chi connectivity index (χ0n) is 16.9. The summed E-state index contributed by atoms with van der Waals surface area (Å²) < 4.78 is 0. The lowest BCUT2D eigenvalue weighted by Gasteiger charge is -2.53. The number of rotatable bonds is 3. The number of aliphatic hydroxyl groups is 1. The molecule has 31 heavy (non-hydrogen) atoms. The van der Waals surface area contributed by atoms with Gasteiger partial charge in [0.1, 0.15) is 11.3 Å². The summed E-state index contributed by atoms with van der Waals surface area (Å²) >= 11 is 6.27.